The first-order valence-electron chi connectivity index (χ1n) is 6.14. The van der Waals surface area contributed by atoms with Gasteiger partial charge in [0.25, 0.3) is 0 Å². The summed E-state index contributed by atoms with van der Waals surface area (Å²) >= 11 is 0. The van der Waals surface area contributed by atoms with Crippen molar-refractivity contribution in [2.45, 2.75) is 25.7 Å². The van der Waals surface area contributed by atoms with Crippen LogP contribution in [0.5, 0.6) is 11.5 Å². The van der Waals surface area contributed by atoms with E-state index in [-0.39, 0.29) is 5.41 Å². The molecule has 1 aliphatic heterocycles. The molecule has 1 saturated carbocycles. The number of ether oxygens (including phenoxy) is 2. The summed E-state index contributed by atoms with van der Waals surface area (Å²) in [6.07, 6.45) is 3.30. The van der Waals surface area contributed by atoms with Crippen LogP contribution in [0.3, 0.4) is 0 Å². The van der Waals surface area contributed by atoms with Crippen molar-refractivity contribution in [3.63, 3.8) is 0 Å². The average Bonchev–Trinajstić information content (AvgIpc) is 2.51. The second-order valence-corrected chi connectivity index (χ2v) is 5.09. The molecule has 0 bridgehead atoms. The van der Waals surface area contributed by atoms with E-state index in [4.69, 9.17) is 9.47 Å². The number of Topliss-reactive ketones (excluding diaryl/α,β-unsaturated/α-hetero) is 1. The average molecular weight is 232 g/mol. The molecular weight excluding hydrogens is 216 g/mol. The second-order valence-electron chi connectivity index (χ2n) is 5.09. The molecule has 17 heavy (non-hydrogen) atoms. The summed E-state index contributed by atoms with van der Waals surface area (Å²) in [4.78, 5) is 11.6. The van der Waals surface area contributed by atoms with Crippen molar-refractivity contribution in [2.24, 2.45) is 5.41 Å². The normalized spacial score (nSPS) is 22.2. The van der Waals surface area contributed by atoms with Crippen LogP contribution in [-0.4, -0.2) is 19.0 Å². The van der Waals surface area contributed by atoms with E-state index in [1.807, 2.05) is 24.3 Å². The fourth-order valence-corrected chi connectivity index (χ4v) is 2.69. The third-order valence-corrected chi connectivity index (χ3v) is 3.65. The van der Waals surface area contributed by atoms with Gasteiger partial charge >= 0.3 is 0 Å². The van der Waals surface area contributed by atoms with E-state index in [0.29, 0.717) is 31.8 Å². The van der Waals surface area contributed by atoms with Crippen LogP contribution in [0.1, 0.15) is 25.7 Å². The van der Waals surface area contributed by atoms with E-state index in [1.165, 1.54) is 0 Å². The largest absolute Gasteiger partial charge is 0.489 e. The molecule has 3 rings (SSSR count). The number of para-hydroxylation sites is 2. The third-order valence-electron chi connectivity index (χ3n) is 3.65. The Kier molecular flexibility index (Phi) is 2.54. The molecule has 0 atom stereocenters. The van der Waals surface area contributed by atoms with Crippen molar-refractivity contribution in [1.29, 1.82) is 0 Å². The Balaban J connectivity index is 1.82. The Morgan fingerprint density at radius 2 is 1.71 bits per heavy atom. The van der Waals surface area contributed by atoms with E-state index in [0.717, 1.165) is 24.3 Å². The van der Waals surface area contributed by atoms with Gasteiger partial charge in [-0.15, -0.1) is 0 Å². The highest BCUT2D eigenvalue weighted by Crippen LogP contribution is 2.40. The molecule has 1 aromatic carbocycles. The molecule has 2 aliphatic rings. The fourth-order valence-electron chi connectivity index (χ4n) is 2.69. The van der Waals surface area contributed by atoms with Gasteiger partial charge in [-0.1, -0.05) is 12.1 Å². The van der Waals surface area contributed by atoms with E-state index >= 15 is 0 Å². The number of rotatable bonds is 0. The molecule has 1 aliphatic carbocycles. The molecule has 0 radical (unpaired) electrons. The van der Waals surface area contributed by atoms with E-state index in [9.17, 15) is 4.79 Å². The van der Waals surface area contributed by atoms with E-state index in [1.54, 1.807) is 0 Å². The number of hydrogen-bond donors (Lipinski definition) is 0. The lowest BCUT2D eigenvalue weighted by Crippen LogP contribution is -2.38. The minimum absolute atomic E-state index is 0.103. The SMILES string of the molecule is O=C1CCCC2(COc3ccccc3OC2)C1. The number of benzene rings is 1. The van der Waals surface area contributed by atoms with Gasteiger partial charge in [-0.05, 0) is 25.0 Å². The van der Waals surface area contributed by atoms with Crippen LogP contribution < -0.4 is 9.47 Å². The molecule has 0 saturated heterocycles. The van der Waals surface area contributed by atoms with Crippen molar-refractivity contribution >= 4 is 5.78 Å². The zero-order chi connectivity index (χ0) is 11.7. The standard InChI is InChI=1S/C14H16O3/c15-11-4-3-7-14(8-11)9-16-12-5-1-2-6-13(12)17-10-14/h1-2,5-6H,3-4,7-10H2. The molecular formula is C14H16O3. The first kappa shape index (κ1) is 10.6. The van der Waals surface area contributed by atoms with Gasteiger partial charge in [0.05, 0.1) is 13.2 Å². The lowest BCUT2D eigenvalue weighted by Gasteiger charge is -2.33. The summed E-state index contributed by atoms with van der Waals surface area (Å²) in [6.45, 7) is 1.19. The minimum atomic E-state index is -0.103. The van der Waals surface area contributed by atoms with Crippen molar-refractivity contribution < 1.29 is 14.3 Å². The quantitative estimate of drug-likeness (QED) is 0.689. The molecule has 3 heteroatoms. The Hall–Kier alpha value is -1.51. The molecule has 90 valence electrons. The molecule has 1 fully saturated rings. The molecule has 1 aromatic rings. The Morgan fingerprint density at radius 3 is 2.29 bits per heavy atom. The van der Waals surface area contributed by atoms with Crippen LogP contribution in [0.4, 0.5) is 0 Å². The van der Waals surface area contributed by atoms with Gasteiger partial charge in [0, 0.05) is 18.3 Å². The predicted octanol–water partition coefficient (Wildman–Crippen LogP) is 2.59. The van der Waals surface area contributed by atoms with Crippen LogP contribution in [-0.2, 0) is 4.79 Å². The maximum absolute atomic E-state index is 11.6. The monoisotopic (exact) mass is 232 g/mol. The maximum Gasteiger partial charge on any atom is 0.161 e. The maximum atomic E-state index is 11.6. The summed E-state index contributed by atoms with van der Waals surface area (Å²) in [5, 5.41) is 0. The first-order chi connectivity index (χ1) is 8.27. The van der Waals surface area contributed by atoms with Crippen LogP contribution in [0, 0.1) is 5.41 Å². The summed E-state index contributed by atoms with van der Waals surface area (Å²) in [5.41, 5.74) is -0.103. The highest BCUT2D eigenvalue weighted by Gasteiger charge is 2.39. The Morgan fingerprint density at radius 1 is 1.06 bits per heavy atom. The summed E-state index contributed by atoms with van der Waals surface area (Å²) < 4.78 is 11.6. The predicted molar refractivity (Wildman–Crippen MR) is 63.3 cm³/mol. The van der Waals surface area contributed by atoms with Gasteiger partial charge in [0.2, 0.25) is 0 Å². The molecule has 3 nitrogen and oxygen atoms in total. The highest BCUT2D eigenvalue weighted by molar-refractivity contribution is 5.80. The number of carbonyl (C=O) groups excluding carboxylic acids is 1. The second kappa shape index (κ2) is 4.06. The topological polar surface area (TPSA) is 35.5 Å². The number of ketones is 1. The summed E-state index contributed by atoms with van der Waals surface area (Å²) in [6, 6.07) is 7.70. The fraction of sp³-hybridized carbons (Fsp3) is 0.500. The van der Waals surface area contributed by atoms with Crippen LogP contribution in [0.25, 0.3) is 0 Å². The lowest BCUT2D eigenvalue weighted by molar-refractivity contribution is -0.125. The first-order valence-corrected chi connectivity index (χ1v) is 6.14. The molecule has 0 N–H and O–H groups in total. The van der Waals surface area contributed by atoms with Crippen molar-refractivity contribution in [2.75, 3.05) is 13.2 Å². The number of carbonyl (C=O) groups is 1. The van der Waals surface area contributed by atoms with Gasteiger partial charge < -0.3 is 9.47 Å². The van der Waals surface area contributed by atoms with Crippen LogP contribution in [0.2, 0.25) is 0 Å². The van der Waals surface area contributed by atoms with Gasteiger partial charge in [0.1, 0.15) is 5.78 Å². The Labute approximate surface area is 101 Å². The molecule has 1 heterocycles. The molecule has 0 aromatic heterocycles. The Bertz CT molecular complexity index is 412. The van der Waals surface area contributed by atoms with Crippen LogP contribution in [0.15, 0.2) is 24.3 Å². The van der Waals surface area contributed by atoms with E-state index < -0.39 is 0 Å². The molecule has 1 spiro atoms. The van der Waals surface area contributed by atoms with Crippen molar-refractivity contribution in [3.05, 3.63) is 24.3 Å². The highest BCUT2D eigenvalue weighted by atomic mass is 16.5. The zero-order valence-corrected chi connectivity index (χ0v) is 9.78. The summed E-state index contributed by atoms with van der Waals surface area (Å²) in [5.74, 6) is 1.93. The number of hydrogen-bond acceptors (Lipinski definition) is 3. The van der Waals surface area contributed by atoms with Crippen molar-refractivity contribution in [1.82, 2.24) is 0 Å². The molecule has 0 unspecified atom stereocenters. The summed E-state index contributed by atoms with van der Waals surface area (Å²) in [7, 11) is 0. The van der Waals surface area contributed by atoms with E-state index in [2.05, 4.69) is 0 Å². The van der Waals surface area contributed by atoms with Gasteiger partial charge in [0.15, 0.2) is 11.5 Å². The third kappa shape index (κ3) is 2.02. The van der Waals surface area contributed by atoms with Gasteiger partial charge in [-0.25, -0.2) is 0 Å². The van der Waals surface area contributed by atoms with Crippen molar-refractivity contribution in [3.8, 4) is 11.5 Å². The van der Waals surface area contributed by atoms with Gasteiger partial charge in [-0.2, -0.15) is 0 Å². The lowest BCUT2D eigenvalue weighted by atomic mass is 9.75. The number of fused-ring (bicyclic) bond motifs is 1. The minimum Gasteiger partial charge on any atom is -0.489 e. The smallest absolute Gasteiger partial charge is 0.161 e. The zero-order valence-electron chi connectivity index (χ0n) is 9.78. The molecule has 0 amide bonds. The van der Waals surface area contributed by atoms with Gasteiger partial charge in [-0.3, -0.25) is 4.79 Å². The van der Waals surface area contributed by atoms with Crippen LogP contribution >= 0.6 is 0 Å².